The van der Waals surface area contributed by atoms with Crippen LogP contribution in [-0.4, -0.2) is 10.5 Å². The van der Waals surface area contributed by atoms with Crippen LogP contribution in [0, 0.1) is 0 Å². The van der Waals surface area contributed by atoms with Gasteiger partial charge in [-0.05, 0) is 23.8 Å². The molecule has 0 spiro atoms. The minimum Gasteiger partial charge on any atom is -0.350 e. The summed E-state index contributed by atoms with van der Waals surface area (Å²) >= 11 is 0. The highest BCUT2D eigenvalue weighted by Gasteiger charge is 2.30. The molecule has 1 amide bonds. The van der Waals surface area contributed by atoms with Gasteiger partial charge in [0.15, 0.2) is 0 Å². The largest absolute Gasteiger partial charge is 0.416 e. The van der Waals surface area contributed by atoms with Crippen molar-refractivity contribution in [1.29, 1.82) is 0 Å². The maximum atomic E-state index is 12.7. The minimum absolute atomic E-state index is 0.0337. The van der Waals surface area contributed by atoms with Crippen LogP contribution in [0.1, 0.15) is 21.5 Å². The predicted octanol–water partition coefficient (Wildman–Crippen LogP) is 4.13. The van der Waals surface area contributed by atoms with Gasteiger partial charge in [0, 0.05) is 30.7 Å². The Hall–Kier alpha value is -2.76. The van der Waals surface area contributed by atoms with Crippen molar-refractivity contribution >= 4 is 16.8 Å². The van der Waals surface area contributed by atoms with Crippen molar-refractivity contribution in [2.45, 2.75) is 12.7 Å². The highest BCUT2D eigenvalue weighted by molar-refractivity contribution is 6.06. The van der Waals surface area contributed by atoms with Gasteiger partial charge in [-0.3, -0.25) is 4.79 Å². The van der Waals surface area contributed by atoms with Gasteiger partial charge in [0.25, 0.3) is 5.91 Å². The second-order valence-electron chi connectivity index (χ2n) is 5.55. The van der Waals surface area contributed by atoms with Crippen molar-refractivity contribution in [3.8, 4) is 0 Å². The third-order valence-electron chi connectivity index (χ3n) is 3.85. The molecule has 1 N–H and O–H groups in total. The number of hydrogen-bond acceptors (Lipinski definition) is 1. The fourth-order valence-electron chi connectivity index (χ4n) is 2.66. The molecule has 0 saturated carbocycles. The Labute approximate surface area is 136 Å². The van der Waals surface area contributed by atoms with E-state index in [1.807, 2.05) is 35.9 Å². The van der Waals surface area contributed by atoms with Crippen molar-refractivity contribution in [3.05, 3.63) is 71.4 Å². The lowest BCUT2D eigenvalue weighted by Crippen LogP contribution is -2.22. The van der Waals surface area contributed by atoms with Gasteiger partial charge in [0.2, 0.25) is 0 Å². The third-order valence-corrected chi connectivity index (χ3v) is 3.85. The number of halogens is 3. The van der Waals surface area contributed by atoms with E-state index in [0.717, 1.165) is 23.0 Å². The summed E-state index contributed by atoms with van der Waals surface area (Å²) in [6.07, 6.45) is -2.68. The summed E-state index contributed by atoms with van der Waals surface area (Å²) in [5.41, 5.74) is 1.10. The first-order valence-electron chi connectivity index (χ1n) is 7.34. The molecule has 0 fully saturated rings. The van der Waals surface area contributed by atoms with E-state index in [1.165, 1.54) is 6.07 Å². The number of aryl methyl sites for hydroxylation is 1. The molecule has 1 heterocycles. The Morgan fingerprint density at radius 3 is 2.62 bits per heavy atom. The average molecular weight is 332 g/mol. The third kappa shape index (κ3) is 3.13. The molecule has 24 heavy (non-hydrogen) atoms. The van der Waals surface area contributed by atoms with Crippen molar-refractivity contribution in [2.24, 2.45) is 7.05 Å². The summed E-state index contributed by atoms with van der Waals surface area (Å²) in [4.78, 5) is 12.4. The zero-order valence-electron chi connectivity index (χ0n) is 12.9. The molecular weight excluding hydrogens is 317 g/mol. The fraction of sp³-hybridized carbons (Fsp3) is 0.167. The summed E-state index contributed by atoms with van der Waals surface area (Å²) in [5.74, 6) is -0.316. The number of benzene rings is 2. The predicted molar refractivity (Wildman–Crippen MR) is 85.5 cm³/mol. The Morgan fingerprint density at radius 1 is 1.12 bits per heavy atom. The van der Waals surface area contributed by atoms with Gasteiger partial charge in [-0.2, -0.15) is 13.2 Å². The zero-order valence-corrected chi connectivity index (χ0v) is 12.9. The van der Waals surface area contributed by atoms with E-state index in [1.54, 1.807) is 12.3 Å². The first-order valence-corrected chi connectivity index (χ1v) is 7.34. The van der Waals surface area contributed by atoms with Crippen LogP contribution in [0.3, 0.4) is 0 Å². The Balaban J connectivity index is 1.78. The molecule has 0 unspecified atom stereocenters. The average Bonchev–Trinajstić information content (AvgIpc) is 2.90. The van der Waals surface area contributed by atoms with Gasteiger partial charge < -0.3 is 9.88 Å². The van der Waals surface area contributed by atoms with Gasteiger partial charge in [0.05, 0.1) is 11.1 Å². The number of para-hydroxylation sites is 1. The molecule has 0 aliphatic carbocycles. The standard InChI is InChI=1S/C18H15F3N2O/c1-23-11-15(14-7-2-3-8-16(14)23)17(24)22-10-12-5-4-6-13(9-12)18(19,20)21/h2-9,11H,10H2,1H3,(H,22,24). The molecule has 0 aliphatic rings. The first-order chi connectivity index (χ1) is 11.4. The van der Waals surface area contributed by atoms with Gasteiger partial charge in [0.1, 0.15) is 0 Å². The number of alkyl halides is 3. The Morgan fingerprint density at radius 2 is 1.88 bits per heavy atom. The summed E-state index contributed by atoms with van der Waals surface area (Å²) in [5, 5.41) is 3.49. The molecule has 3 rings (SSSR count). The number of fused-ring (bicyclic) bond motifs is 1. The van der Waals surface area contributed by atoms with Crippen LogP contribution in [0.5, 0.6) is 0 Å². The van der Waals surface area contributed by atoms with E-state index in [4.69, 9.17) is 0 Å². The maximum absolute atomic E-state index is 12.7. The minimum atomic E-state index is -4.39. The zero-order chi connectivity index (χ0) is 17.3. The number of amides is 1. The van der Waals surface area contributed by atoms with Crippen LogP contribution in [0.4, 0.5) is 13.2 Å². The monoisotopic (exact) mass is 332 g/mol. The van der Waals surface area contributed by atoms with E-state index < -0.39 is 11.7 Å². The molecule has 0 bridgehead atoms. The number of carbonyl (C=O) groups excluding carboxylic acids is 1. The molecule has 0 aliphatic heterocycles. The van der Waals surface area contributed by atoms with Crippen LogP contribution in [-0.2, 0) is 19.8 Å². The van der Waals surface area contributed by atoms with E-state index in [2.05, 4.69) is 5.32 Å². The second kappa shape index (κ2) is 6.03. The van der Waals surface area contributed by atoms with Gasteiger partial charge >= 0.3 is 6.18 Å². The first kappa shape index (κ1) is 16.1. The highest BCUT2D eigenvalue weighted by atomic mass is 19.4. The van der Waals surface area contributed by atoms with Crippen molar-refractivity contribution in [2.75, 3.05) is 0 Å². The summed E-state index contributed by atoms with van der Waals surface area (Å²) in [6.45, 7) is 0.0337. The van der Waals surface area contributed by atoms with Gasteiger partial charge in [-0.15, -0.1) is 0 Å². The Bertz CT molecular complexity index is 897. The molecule has 3 nitrogen and oxygen atoms in total. The number of nitrogens with zero attached hydrogens (tertiary/aromatic N) is 1. The van der Waals surface area contributed by atoms with E-state index >= 15 is 0 Å². The topological polar surface area (TPSA) is 34.0 Å². The number of nitrogens with one attached hydrogen (secondary N) is 1. The summed E-state index contributed by atoms with van der Waals surface area (Å²) in [6, 6.07) is 12.4. The van der Waals surface area contributed by atoms with E-state index in [-0.39, 0.29) is 12.5 Å². The van der Waals surface area contributed by atoms with Crippen LogP contribution in [0.25, 0.3) is 10.9 Å². The number of carbonyl (C=O) groups is 1. The Kier molecular flexibility index (Phi) is 4.05. The molecule has 1 aromatic heterocycles. The van der Waals surface area contributed by atoms with Crippen molar-refractivity contribution in [1.82, 2.24) is 9.88 Å². The van der Waals surface area contributed by atoms with Crippen molar-refractivity contribution in [3.63, 3.8) is 0 Å². The SMILES string of the molecule is Cn1cc(C(=O)NCc2cccc(C(F)(F)F)c2)c2ccccc21. The quantitative estimate of drug-likeness (QED) is 0.769. The normalized spacial score (nSPS) is 11.7. The van der Waals surface area contributed by atoms with E-state index in [0.29, 0.717) is 11.1 Å². The molecular formula is C18H15F3N2O. The maximum Gasteiger partial charge on any atom is 0.416 e. The molecule has 3 aromatic rings. The fourth-order valence-corrected chi connectivity index (χ4v) is 2.66. The highest BCUT2D eigenvalue weighted by Crippen LogP contribution is 2.29. The van der Waals surface area contributed by atoms with Gasteiger partial charge in [-0.1, -0.05) is 30.3 Å². The summed E-state index contributed by atoms with van der Waals surface area (Å²) < 4.78 is 40.0. The molecule has 0 atom stereocenters. The van der Waals surface area contributed by atoms with E-state index in [9.17, 15) is 18.0 Å². The van der Waals surface area contributed by atoms with Crippen LogP contribution < -0.4 is 5.32 Å². The van der Waals surface area contributed by atoms with Gasteiger partial charge in [-0.25, -0.2) is 0 Å². The van der Waals surface area contributed by atoms with Crippen LogP contribution >= 0.6 is 0 Å². The molecule has 124 valence electrons. The van der Waals surface area contributed by atoms with Crippen LogP contribution in [0.2, 0.25) is 0 Å². The number of rotatable bonds is 3. The number of hydrogen-bond donors (Lipinski definition) is 1. The number of aromatic nitrogens is 1. The molecule has 0 radical (unpaired) electrons. The lowest BCUT2D eigenvalue weighted by molar-refractivity contribution is -0.137. The molecule has 6 heteroatoms. The summed E-state index contributed by atoms with van der Waals surface area (Å²) in [7, 11) is 1.84. The molecule has 2 aromatic carbocycles. The lowest BCUT2D eigenvalue weighted by Gasteiger charge is -2.09. The smallest absolute Gasteiger partial charge is 0.350 e. The second-order valence-corrected chi connectivity index (χ2v) is 5.55. The lowest BCUT2D eigenvalue weighted by atomic mass is 10.1. The van der Waals surface area contributed by atoms with Crippen molar-refractivity contribution < 1.29 is 18.0 Å². The molecule has 0 saturated heterocycles. The van der Waals surface area contributed by atoms with Crippen LogP contribution in [0.15, 0.2) is 54.7 Å².